The molecule has 0 aliphatic carbocycles. The van der Waals surface area contributed by atoms with Crippen molar-refractivity contribution in [3.8, 4) is 10.8 Å². The zero-order chi connectivity index (χ0) is 13.9. The average molecular weight is 293 g/mol. The molecular weight excluding hydrogens is 278 g/mol. The van der Waals surface area contributed by atoms with Crippen LogP contribution >= 0.6 is 11.3 Å². The number of aromatic nitrogens is 1. The molecule has 1 aliphatic rings. The fourth-order valence-corrected chi connectivity index (χ4v) is 2.94. The number of oxazole rings is 1. The number of carbonyl (C=O) groups is 1. The highest BCUT2D eigenvalue weighted by atomic mass is 32.1. The third-order valence-corrected chi connectivity index (χ3v) is 4.15. The normalized spacial score (nSPS) is 20.1. The lowest BCUT2D eigenvalue weighted by atomic mass is 10.2. The number of nitrogens with zero attached hydrogens (tertiary/aromatic N) is 2. The van der Waals surface area contributed by atoms with Crippen LogP contribution in [0.25, 0.3) is 10.8 Å². The molecule has 1 fully saturated rings. The van der Waals surface area contributed by atoms with Gasteiger partial charge in [0.15, 0.2) is 0 Å². The molecule has 1 unspecified atom stereocenters. The van der Waals surface area contributed by atoms with Gasteiger partial charge in [0.2, 0.25) is 5.89 Å². The molecule has 0 radical (unpaired) electrons. The Balaban J connectivity index is 1.72. The molecule has 2 N–H and O–H groups in total. The zero-order valence-electron chi connectivity index (χ0n) is 10.8. The van der Waals surface area contributed by atoms with Crippen LogP contribution in [0.1, 0.15) is 5.69 Å². The maximum atomic E-state index is 11.2. The molecule has 2 aromatic rings. The third-order valence-electron chi connectivity index (χ3n) is 3.29. The summed E-state index contributed by atoms with van der Waals surface area (Å²) in [4.78, 5) is 18.5. The van der Waals surface area contributed by atoms with E-state index in [1.807, 2.05) is 22.4 Å². The first-order valence-electron chi connectivity index (χ1n) is 6.40. The lowest BCUT2D eigenvalue weighted by Crippen LogP contribution is -2.54. The molecule has 6 nitrogen and oxygen atoms in total. The predicted octanol–water partition coefficient (Wildman–Crippen LogP) is 1.26. The van der Waals surface area contributed by atoms with Gasteiger partial charge >= 0.3 is 5.97 Å². The van der Waals surface area contributed by atoms with E-state index in [4.69, 9.17) is 4.42 Å². The van der Waals surface area contributed by atoms with Crippen LogP contribution in [-0.4, -0.2) is 46.6 Å². The van der Waals surface area contributed by atoms with Crippen LogP contribution in [0.2, 0.25) is 0 Å². The highest BCUT2D eigenvalue weighted by Gasteiger charge is 2.28. The maximum absolute atomic E-state index is 11.2. The standard InChI is InChI=1S/C13H15N3O3S/c17-13(18)10-6-14-3-4-16(10)7-9-8-19-12(15-9)11-2-1-5-20-11/h1-2,5,8,10,14H,3-4,6-7H2,(H,17,18). The molecule has 0 aromatic carbocycles. The Morgan fingerprint density at radius 1 is 1.65 bits per heavy atom. The van der Waals surface area contributed by atoms with Gasteiger partial charge in [-0.25, -0.2) is 4.98 Å². The summed E-state index contributed by atoms with van der Waals surface area (Å²) in [5.74, 6) is -0.212. The summed E-state index contributed by atoms with van der Waals surface area (Å²) in [6.45, 7) is 2.44. The van der Waals surface area contributed by atoms with Crippen LogP contribution in [0.4, 0.5) is 0 Å². The Labute approximate surface area is 120 Å². The second-order valence-corrected chi connectivity index (χ2v) is 5.60. The first-order valence-corrected chi connectivity index (χ1v) is 7.28. The minimum Gasteiger partial charge on any atom is -0.480 e. The second-order valence-electron chi connectivity index (χ2n) is 4.65. The van der Waals surface area contributed by atoms with E-state index < -0.39 is 12.0 Å². The topological polar surface area (TPSA) is 78.6 Å². The van der Waals surface area contributed by atoms with E-state index in [2.05, 4.69) is 10.3 Å². The predicted molar refractivity (Wildman–Crippen MR) is 74.5 cm³/mol. The smallest absolute Gasteiger partial charge is 0.322 e. The van der Waals surface area contributed by atoms with Gasteiger partial charge in [-0.1, -0.05) is 6.07 Å². The van der Waals surface area contributed by atoms with Crippen LogP contribution in [-0.2, 0) is 11.3 Å². The number of piperazine rings is 1. The van der Waals surface area contributed by atoms with Crippen molar-refractivity contribution in [1.82, 2.24) is 15.2 Å². The lowest BCUT2D eigenvalue weighted by molar-refractivity contribution is -0.144. The minimum absolute atomic E-state index is 0.463. The van der Waals surface area contributed by atoms with Crippen molar-refractivity contribution in [2.75, 3.05) is 19.6 Å². The highest BCUT2D eigenvalue weighted by Crippen LogP contribution is 2.24. The minimum atomic E-state index is -0.806. The van der Waals surface area contributed by atoms with Crippen LogP contribution in [0.3, 0.4) is 0 Å². The summed E-state index contributed by atoms with van der Waals surface area (Å²) in [7, 11) is 0. The van der Waals surface area contributed by atoms with E-state index in [9.17, 15) is 9.90 Å². The molecule has 0 spiro atoms. The van der Waals surface area contributed by atoms with Crippen molar-refractivity contribution in [2.45, 2.75) is 12.6 Å². The van der Waals surface area contributed by atoms with Crippen LogP contribution in [0, 0.1) is 0 Å². The summed E-state index contributed by atoms with van der Waals surface area (Å²) >= 11 is 1.57. The van der Waals surface area contributed by atoms with Gasteiger partial charge in [0.05, 0.1) is 10.6 Å². The van der Waals surface area contributed by atoms with Gasteiger partial charge in [-0.3, -0.25) is 9.69 Å². The largest absolute Gasteiger partial charge is 0.480 e. The summed E-state index contributed by atoms with van der Waals surface area (Å²) in [5, 5.41) is 14.3. The molecule has 1 saturated heterocycles. The molecule has 106 valence electrons. The summed E-state index contributed by atoms with van der Waals surface area (Å²) in [5.41, 5.74) is 0.765. The number of aliphatic carboxylic acids is 1. The summed E-state index contributed by atoms with van der Waals surface area (Å²) < 4.78 is 5.46. The SMILES string of the molecule is O=C(O)C1CNCCN1Cc1coc(-c2cccs2)n1. The fourth-order valence-electron chi connectivity index (χ4n) is 2.28. The van der Waals surface area contributed by atoms with Gasteiger partial charge in [-0.2, -0.15) is 0 Å². The van der Waals surface area contributed by atoms with Crippen molar-refractivity contribution in [2.24, 2.45) is 0 Å². The second kappa shape index (κ2) is 5.74. The van der Waals surface area contributed by atoms with E-state index in [1.165, 1.54) is 0 Å². The number of hydrogen-bond acceptors (Lipinski definition) is 6. The van der Waals surface area contributed by atoms with E-state index in [1.54, 1.807) is 17.6 Å². The number of carboxylic acid groups (broad SMARTS) is 1. The third kappa shape index (κ3) is 2.74. The molecule has 20 heavy (non-hydrogen) atoms. The van der Waals surface area contributed by atoms with Gasteiger partial charge in [0.25, 0.3) is 0 Å². The first kappa shape index (κ1) is 13.3. The Bertz CT molecular complexity index is 581. The van der Waals surface area contributed by atoms with Crippen molar-refractivity contribution in [1.29, 1.82) is 0 Å². The van der Waals surface area contributed by atoms with Crippen molar-refractivity contribution < 1.29 is 14.3 Å². The Morgan fingerprint density at radius 3 is 3.30 bits per heavy atom. The monoisotopic (exact) mass is 293 g/mol. The zero-order valence-corrected chi connectivity index (χ0v) is 11.6. The number of carboxylic acids is 1. The Morgan fingerprint density at radius 2 is 2.55 bits per heavy atom. The average Bonchev–Trinajstić information content (AvgIpc) is 3.09. The molecule has 0 saturated carbocycles. The number of rotatable bonds is 4. The lowest BCUT2D eigenvalue weighted by Gasteiger charge is -2.32. The van der Waals surface area contributed by atoms with Crippen molar-refractivity contribution in [3.63, 3.8) is 0 Å². The van der Waals surface area contributed by atoms with E-state index >= 15 is 0 Å². The van der Waals surface area contributed by atoms with Gasteiger partial charge < -0.3 is 14.8 Å². The van der Waals surface area contributed by atoms with E-state index in [-0.39, 0.29) is 0 Å². The van der Waals surface area contributed by atoms with E-state index in [0.29, 0.717) is 25.5 Å². The van der Waals surface area contributed by atoms with Gasteiger partial charge in [-0.15, -0.1) is 11.3 Å². The first-order chi connectivity index (χ1) is 9.74. The quantitative estimate of drug-likeness (QED) is 0.883. The molecule has 7 heteroatoms. The van der Waals surface area contributed by atoms with Crippen LogP contribution < -0.4 is 5.32 Å². The fraction of sp³-hybridized carbons (Fsp3) is 0.385. The Hall–Kier alpha value is -1.70. The van der Waals surface area contributed by atoms with Gasteiger partial charge in [-0.05, 0) is 11.4 Å². The van der Waals surface area contributed by atoms with Gasteiger partial charge in [0.1, 0.15) is 12.3 Å². The number of thiophene rings is 1. The van der Waals surface area contributed by atoms with Crippen LogP contribution in [0.5, 0.6) is 0 Å². The number of nitrogens with one attached hydrogen (secondary N) is 1. The van der Waals surface area contributed by atoms with Crippen molar-refractivity contribution in [3.05, 3.63) is 29.5 Å². The molecular formula is C13H15N3O3S. The molecule has 3 heterocycles. The van der Waals surface area contributed by atoms with Crippen LogP contribution in [0.15, 0.2) is 28.2 Å². The summed E-state index contributed by atoms with van der Waals surface area (Å²) in [6.07, 6.45) is 1.61. The highest BCUT2D eigenvalue weighted by molar-refractivity contribution is 7.13. The van der Waals surface area contributed by atoms with Crippen molar-refractivity contribution >= 4 is 17.3 Å². The molecule has 3 rings (SSSR count). The Kier molecular flexibility index (Phi) is 3.81. The van der Waals surface area contributed by atoms with Gasteiger partial charge in [0, 0.05) is 26.2 Å². The molecule has 1 aliphatic heterocycles. The number of hydrogen-bond donors (Lipinski definition) is 2. The molecule has 2 aromatic heterocycles. The maximum Gasteiger partial charge on any atom is 0.322 e. The molecule has 0 amide bonds. The summed E-state index contributed by atoms with van der Waals surface area (Å²) in [6, 6.07) is 3.39. The van der Waals surface area contributed by atoms with E-state index in [0.717, 1.165) is 17.1 Å². The molecule has 1 atom stereocenters. The molecule has 0 bridgehead atoms.